The number of halogens is 1. The lowest BCUT2D eigenvalue weighted by Crippen LogP contribution is -2.37. The molecular weight excluding hydrogens is 394 g/mol. The van der Waals surface area contributed by atoms with Gasteiger partial charge >= 0.3 is 0 Å². The Morgan fingerprint density at radius 2 is 1.96 bits per heavy atom. The second-order valence-corrected chi connectivity index (χ2v) is 7.66. The molecule has 148 valence electrons. The average Bonchev–Trinajstić information content (AvgIpc) is 2.69. The van der Waals surface area contributed by atoms with E-state index in [0.717, 1.165) is 12.2 Å². The molecule has 1 saturated heterocycles. The Morgan fingerprint density at radius 1 is 1.21 bits per heavy atom. The molecule has 5 nitrogen and oxygen atoms in total. The van der Waals surface area contributed by atoms with E-state index < -0.39 is 0 Å². The predicted molar refractivity (Wildman–Crippen MR) is 119 cm³/mol. The number of methoxy groups -OCH3 is 1. The smallest absolute Gasteiger partial charge is 0.257 e. The van der Waals surface area contributed by atoms with E-state index in [1.54, 1.807) is 18.2 Å². The molecule has 0 saturated carbocycles. The van der Waals surface area contributed by atoms with Crippen LogP contribution in [0, 0.1) is 0 Å². The first-order valence-corrected chi connectivity index (χ1v) is 10.1. The van der Waals surface area contributed by atoms with E-state index >= 15 is 0 Å². The zero-order valence-corrected chi connectivity index (χ0v) is 17.6. The number of anilines is 2. The molecule has 1 amide bonds. The third-order valence-corrected chi connectivity index (χ3v) is 5.40. The number of rotatable bonds is 4. The van der Waals surface area contributed by atoms with Crippen molar-refractivity contribution in [1.82, 2.24) is 5.32 Å². The van der Waals surface area contributed by atoms with Crippen LogP contribution in [-0.2, 0) is 0 Å². The SMILES string of the molecule is COc1ccc(C(=O)NC(=S)Nc2ccc(N3CCCCC3C)cc2)cc1Cl. The predicted octanol–water partition coefficient (Wildman–Crippen LogP) is 4.85. The fourth-order valence-corrected chi connectivity index (χ4v) is 3.83. The van der Waals surface area contributed by atoms with Crippen LogP contribution in [0.2, 0.25) is 5.02 Å². The standard InChI is InChI=1S/C21H24ClN3O2S/c1-14-5-3-4-12-25(14)17-9-7-16(8-10-17)23-21(28)24-20(26)15-6-11-19(27-2)18(22)13-15/h6-11,13-14H,3-5,12H2,1-2H3,(H2,23,24,26,28). The number of hydrogen-bond acceptors (Lipinski definition) is 4. The Bertz CT molecular complexity index is 857. The molecule has 3 rings (SSSR count). The average molecular weight is 418 g/mol. The molecule has 2 aromatic rings. The van der Waals surface area contributed by atoms with Crippen LogP contribution in [0.3, 0.4) is 0 Å². The first-order chi connectivity index (χ1) is 13.5. The first-order valence-electron chi connectivity index (χ1n) is 9.30. The van der Waals surface area contributed by atoms with Gasteiger partial charge in [0, 0.05) is 29.5 Å². The third kappa shape index (κ3) is 4.94. The molecule has 0 spiro atoms. The van der Waals surface area contributed by atoms with E-state index in [0.29, 0.717) is 22.4 Å². The van der Waals surface area contributed by atoms with E-state index in [-0.39, 0.29) is 11.0 Å². The third-order valence-electron chi connectivity index (χ3n) is 4.90. The van der Waals surface area contributed by atoms with Gasteiger partial charge in [-0.3, -0.25) is 10.1 Å². The molecule has 0 aliphatic carbocycles. The van der Waals surface area contributed by atoms with Crippen LogP contribution in [0.1, 0.15) is 36.5 Å². The van der Waals surface area contributed by atoms with Crippen LogP contribution < -0.4 is 20.3 Å². The monoisotopic (exact) mass is 417 g/mol. The number of amides is 1. The maximum absolute atomic E-state index is 12.3. The van der Waals surface area contributed by atoms with Gasteiger partial charge in [0.15, 0.2) is 5.11 Å². The van der Waals surface area contributed by atoms with Crippen molar-refractivity contribution in [3.8, 4) is 5.75 Å². The van der Waals surface area contributed by atoms with Gasteiger partial charge < -0.3 is 15.0 Å². The van der Waals surface area contributed by atoms with E-state index in [2.05, 4.69) is 34.6 Å². The number of thiocarbonyl (C=S) groups is 1. The summed E-state index contributed by atoms with van der Waals surface area (Å²) >= 11 is 11.3. The zero-order valence-electron chi connectivity index (χ0n) is 16.0. The molecule has 1 heterocycles. The lowest BCUT2D eigenvalue weighted by atomic mass is 10.0. The van der Waals surface area contributed by atoms with Gasteiger partial charge in [0.25, 0.3) is 5.91 Å². The summed E-state index contributed by atoms with van der Waals surface area (Å²) in [5.41, 5.74) is 2.44. The molecule has 2 aromatic carbocycles. The van der Waals surface area contributed by atoms with Gasteiger partial charge in [0.05, 0.1) is 12.1 Å². The highest BCUT2D eigenvalue weighted by molar-refractivity contribution is 7.80. The van der Waals surface area contributed by atoms with Gasteiger partial charge in [-0.2, -0.15) is 0 Å². The first kappa shape index (κ1) is 20.4. The molecule has 1 fully saturated rings. The number of carbonyl (C=O) groups is 1. The molecule has 1 atom stereocenters. The van der Waals surface area contributed by atoms with Gasteiger partial charge in [0.1, 0.15) is 5.75 Å². The molecule has 28 heavy (non-hydrogen) atoms. The van der Waals surface area contributed by atoms with E-state index in [1.807, 2.05) is 12.1 Å². The fourth-order valence-electron chi connectivity index (χ4n) is 3.36. The highest BCUT2D eigenvalue weighted by Crippen LogP contribution is 2.26. The molecule has 1 aliphatic heterocycles. The van der Waals surface area contributed by atoms with Crippen molar-refractivity contribution < 1.29 is 9.53 Å². The molecule has 1 aliphatic rings. The summed E-state index contributed by atoms with van der Waals surface area (Å²) in [6, 6.07) is 13.5. The summed E-state index contributed by atoms with van der Waals surface area (Å²) in [6.45, 7) is 3.36. The fraction of sp³-hybridized carbons (Fsp3) is 0.333. The van der Waals surface area contributed by atoms with E-state index in [1.165, 1.54) is 32.1 Å². The molecule has 2 N–H and O–H groups in total. The number of carbonyl (C=O) groups excluding carboxylic acids is 1. The van der Waals surface area contributed by atoms with Crippen molar-refractivity contribution in [2.45, 2.75) is 32.2 Å². The van der Waals surface area contributed by atoms with Crippen LogP contribution in [0.5, 0.6) is 5.75 Å². The van der Waals surface area contributed by atoms with Gasteiger partial charge in [-0.05, 0) is 80.9 Å². The lowest BCUT2D eigenvalue weighted by molar-refractivity contribution is 0.0977. The van der Waals surface area contributed by atoms with Crippen molar-refractivity contribution >= 4 is 46.2 Å². The van der Waals surface area contributed by atoms with Gasteiger partial charge in [-0.15, -0.1) is 0 Å². The molecule has 0 radical (unpaired) electrons. The normalized spacial score (nSPS) is 16.4. The van der Waals surface area contributed by atoms with Crippen LogP contribution in [0.15, 0.2) is 42.5 Å². The van der Waals surface area contributed by atoms with Crippen LogP contribution in [-0.4, -0.2) is 30.7 Å². The number of hydrogen-bond donors (Lipinski definition) is 2. The van der Waals surface area contributed by atoms with Crippen molar-refractivity contribution in [2.24, 2.45) is 0 Å². The number of ether oxygens (including phenoxy) is 1. The van der Waals surface area contributed by atoms with Crippen LogP contribution in [0.25, 0.3) is 0 Å². The van der Waals surface area contributed by atoms with E-state index in [4.69, 9.17) is 28.6 Å². The second kappa shape index (κ2) is 9.26. The minimum atomic E-state index is -0.333. The van der Waals surface area contributed by atoms with Gasteiger partial charge in [-0.25, -0.2) is 0 Å². The highest BCUT2D eigenvalue weighted by Gasteiger charge is 2.18. The minimum Gasteiger partial charge on any atom is -0.495 e. The molecule has 0 aromatic heterocycles. The van der Waals surface area contributed by atoms with Gasteiger partial charge in [-0.1, -0.05) is 11.6 Å². The summed E-state index contributed by atoms with van der Waals surface area (Å²) < 4.78 is 5.09. The molecule has 1 unspecified atom stereocenters. The Labute approximate surface area is 176 Å². The summed E-state index contributed by atoms with van der Waals surface area (Å²) in [5.74, 6) is 0.183. The van der Waals surface area contributed by atoms with Crippen LogP contribution in [0.4, 0.5) is 11.4 Å². The summed E-state index contributed by atoms with van der Waals surface area (Å²) in [6.07, 6.45) is 3.76. The minimum absolute atomic E-state index is 0.232. The molecular formula is C21H24ClN3O2S. The highest BCUT2D eigenvalue weighted by atomic mass is 35.5. The zero-order chi connectivity index (χ0) is 20.1. The summed E-state index contributed by atoms with van der Waals surface area (Å²) in [4.78, 5) is 14.8. The second-order valence-electron chi connectivity index (χ2n) is 6.84. The Kier molecular flexibility index (Phi) is 6.75. The maximum Gasteiger partial charge on any atom is 0.257 e. The molecule has 7 heteroatoms. The number of nitrogens with zero attached hydrogens (tertiary/aromatic N) is 1. The Hall–Kier alpha value is -2.31. The largest absolute Gasteiger partial charge is 0.495 e. The molecule has 0 bridgehead atoms. The lowest BCUT2D eigenvalue weighted by Gasteiger charge is -2.35. The Balaban J connectivity index is 1.58. The van der Waals surface area contributed by atoms with Crippen molar-refractivity contribution in [3.63, 3.8) is 0 Å². The number of benzene rings is 2. The summed E-state index contributed by atoms with van der Waals surface area (Å²) in [7, 11) is 1.53. The number of nitrogens with one attached hydrogen (secondary N) is 2. The van der Waals surface area contributed by atoms with Gasteiger partial charge in [0.2, 0.25) is 0 Å². The van der Waals surface area contributed by atoms with Crippen LogP contribution >= 0.6 is 23.8 Å². The van der Waals surface area contributed by atoms with E-state index in [9.17, 15) is 4.79 Å². The topological polar surface area (TPSA) is 53.6 Å². The van der Waals surface area contributed by atoms with Crippen molar-refractivity contribution in [3.05, 3.63) is 53.1 Å². The van der Waals surface area contributed by atoms with Crippen molar-refractivity contribution in [2.75, 3.05) is 23.9 Å². The summed E-state index contributed by atoms with van der Waals surface area (Å²) in [5, 5.41) is 6.31. The Morgan fingerprint density at radius 3 is 2.61 bits per heavy atom. The number of piperidine rings is 1. The maximum atomic E-state index is 12.3. The van der Waals surface area contributed by atoms with Crippen molar-refractivity contribution in [1.29, 1.82) is 0 Å². The quantitative estimate of drug-likeness (QED) is 0.696.